The summed E-state index contributed by atoms with van der Waals surface area (Å²) >= 11 is 0. The number of hydrogen-bond donors (Lipinski definition) is 3. The predicted octanol–water partition coefficient (Wildman–Crippen LogP) is 1.41. The third kappa shape index (κ3) is 4.17. The van der Waals surface area contributed by atoms with Gasteiger partial charge >= 0.3 is 5.97 Å². The molecule has 110 valence electrons. The quantitative estimate of drug-likeness (QED) is 0.504. The molecule has 0 saturated heterocycles. The molecule has 1 heterocycles. The van der Waals surface area contributed by atoms with Crippen LogP contribution in [0, 0.1) is 0 Å². The molecule has 0 atom stereocenters. The van der Waals surface area contributed by atoms with Gasteiger partial charge in [0.2, 0.25) is 6.41 Å². The Morgan fingerprint density at radius 3 is 2.86 bits per heavy atom. The molecule has 1 aromatic heterocycles. The predicted molar refractivity (Wildman–Crippen MR) is 80.3 cm³/mol. The van der Waals surface area contributed by atoms with E-state index in [0.29, 0.717) is 25.2 Å². The Morgan fingerprint density at radius 1 is 1.29 bits per heavy atom. The molecule has 6 heteroatoms. The van der Waals surface area contributed by atoms with E-state index >= 15 is 0 Å². The summed E-state index contributed by atoms with van der Waals surface area (Å²) in [6, 6.07) is 9.36. The van der Waals surface area contributed by atoms with Crippen molar-refractivity contribution in [2.75, 3.05) is 18.4 Å². The number of carbonyl (C=O) groups excluding carboxylic acids is 1. The van der Waals surface area contributed by atoms with Crippen LogP contribution in [0.4, 0.5) is 5.69 Å². The number of fused-ring (bicyclic) bond motifs is 1. The number of para-hydroxylation sites is 1. The molecule has 0 bridgehead atoms. The Balaban J connectivity index is 2.18. The fourth-order valence-corrected chi connectivity index (χ4v) is 2.09. The first kappa shape index (κ1) is 14.8. The molecular weight excluding hydrogens is 270 g/mol. The summed E-state index contributed by atoms with van der Waals surface area (Å²) < 4.78 is 0. The number of aromatic nitrogens is 1. The molecule has 0 spiro atoms. The van der Waals surface area contributed by atoms with Crippen molar-refractivity contribution in [3.63, 3.8) is 0 Å². The molecule has 0 unspecified atom stereocenters. The fraction of sp³-hybridized carbons (Fsp3) is 0.267. The molecule has 3 N–H and O–H groups in total. The molecule has 0 aliphatic heterocycles. The monoisotopic (exact) mass is 287 g/mol. The maximum absolute atomic E-state index is 10.8. The molecule has 0 saturated carbocycles. The van der Waals surface area contributed by atoms with Gasteiger partial charge in [0.05, 0.1) is 17.6 Å². The van der Waals surface area contributed by atoms with E-state index in [4.69, 9.17) is 5.11 Å². The van der Waals surface area contributed by atoms with Crippen molar-refractivity contribution >= 4 is 29.0 Å². The number of benzene rings is 1. The van der Waals surface area contributed by atoms with Gasteiger partial charge in [-0.3, -0.25) is 14.6 Å². The van der Waals surface area contributed by atoms with Gasteiger partial charge in [0, 0.05) is 24.2 Å². The van der Waals surface area contributed by atoms with Gasteiger partial charge in [-0.05, 0) is 18.6 Å². The van der Waals surface area contributed by atoms with E-state index in [1.54, 1.807) is 6.07 Å². The van der Waals surface area contributed by atoms with Gasteiger partial charge < -0.3 is 15.7 Å². The lowest BCUT2D eigenvalue weighted by molar-refractivity contribution is -0.136. The Kier molecular flexibility index (Phi) is 5.09. The van der Waals surface area contributed by atoms with Gasteiger partial charge in [0.1, 0.15) is 0 Å². The first-order chi connectivity index (χ1) is 10.2. The van der Waals surface area contributed by atoms with E-state index in [-0.39, 0.29) is 6.42 Å². The fourth-order valence-electron chi connectivity index (χ4n) is 2.09. The van der Waals surface area contributed by atoms with E-state index < -0.39 is 5.97 Å². The topological polar surface area (TPSA) is 91.3 Å². The number of hydrogen-bond acceptors (Lipinski definition) is 4. The van der Waals surface area contributed by atoms with Crippen molar-refractivity contribution < 1.29 is 14.7 Å². The Morgan fingerprint density at radius 2 is 2.10 bits per heavy atom. The summed E-state index contributed by atoms with van der Waals surface area (Å²) in [5, 5.41) is 15.7. The van der Waals surface area contributed by atoms with Crippen LogP contribution >= 0.6 is 0 Å². The molecule has 21 heavy (non-hydrogen) atoms. The van der Waals surface area contributed by atoms with Crippen molar-refractivity contribution in [2.24, 2.45) is 0 Å². The number of carbonyl (C=O) groups is 2. The molecule has 0 radical (unpaired) electrons. The van der Waals surface area contributed by atoms with Crippen LogP contribution in [0.25, 0.3) is 10.9 Å². The summed E-state index contributed by atoms with van der Waals surface area (Å²) in [5.74, 6) is -0.904. The van der Waals surface area contributed by atoms with Crippen LogP contribution in [-0.4, -0.2) is 35.6 Å². The number of pyridine rings is 1. The zero-order valence-electron chi connectivity index (χ0n) is 11.5. The van der Waals surface area contributed by atoms with Gasteiger partial charge in [-0.15, -0.1) is 0 Å². The summed E-state index contributed by atoms with van der Waals surface area (Å²) in [4.78, 5) is 25.4. The minimum atomic E-state index is -0.904. The van der Waals surface area contributed by atoms with E-state index in [9.17, 15) is 9.59 Å². The van der Waals surface area contributed by atoms with Gasteiger partial charge in [-0.2, -0.15) is 0 Å². The van der Waals surface area contributed by atoms with Crippen molar-refractivity contribution in [3.8, 4) is 0 Å². The second-order valence-corrected chi connectivity index (χ2v) is 4.60. The lowest BCUT2D eigenvalue weighted by Crippen LogP contribution is -2.16. The first-order valence-corrected chi connectivity index (χ1v) is 6.72. The zero-order chi connectivity index (χ0) is 15.1. The van der Waals surface area contributed by atoms with Crippen molar-refractivity contribution in [1.29, 1.82) is 0 Å². The summed E-state index contributed by atoms with van der Waals surface area (Å²) in [5.41, 5.74) is 2.16. The van der Waals surface area contributed by atoms with Gasteiger partial charge in [-0.1, -0.05) is 18.2 Å². The summed E-state index contributed by atoms with van der Waals surface area (Å²) in [6.07, 6.45) is 1.35. The average molecular weight is 287 g/mol. The summed E-state index contributed by atoms with van der Waals surface area (Å²) in [6.45, 7) is 1.28. The molecule has 2 aromatic rings. The standard InChI is InChI=1S/C15H17N3O3/c19-10-16-6-3-7-17-14-8-11(9-15(20)21)18-13-5-2-1-4-12(13)14/h1-2,4-5,8,10H,3,6-7,9H2,(H,16,19)(H,17,18)(H,20,21). The minimum Gasteiger partial charge on any atom is -0.481 e. The molecule has 2 rings (SSSR count). The zero-order valence-corrected chi connectivity index (χ0v) is 11.5. The highest BCUT2D eigenvalue weighted by molar-refractivity contribution is 5.91. The third-order valence-electron chi connectivity index (χ3n) is 3.00. The van der Waals surface area contributed by atoms with Crippen LogP contribution in [0.15, 0.2) is 30.3 Å². The minimum absolute atomic E-state index is 0.105. The Labute approximate surface area is 122 Å². The molecule has 1 aromatic carbocycles. The van der Waals surface area contributed by atoms with Crippen LogP contribution in [0.2, 0.25) is 0 Å². The Hall–Kier alpha value is -2.63. The van der Waals surface area contributed by atoms with Crippen molar-refractivity contribution in [3.05, 3.63) is 36.0 Å². The maximum atomic E-state index is 10.8. The molecule has 0 aliphatic carbocycles. The summed E-state index contributed by atoms with van der Waals surface area (Å²) in [7, 11) is 0. The normalized spacial score (nSPS) is 10.3. The molecule has 6 nitrogen and oxygen atoms in total. The lowest BCUT2D eigenvalue weighted by Gasteiger charge is -2.11. The molecule has 1 amide bonds. The van der Waals surface area contributed by atoms with Crippen LogP contribution in [0.1, 0.15) is 12.1 Å². The second kappa shape index (κ2) is 7.23. The number of carboxylic acid groups (broad SMARTS) is 1. The Bertz CT molecular complexity index is 643. The van der Waals surface area contributed by atoms with E-state index in [1.165, 1.54) is 0 Å². The number of aliphatic carboxylic acids is 1. The number of nitrogens with zero attached hydrogens (tertiary/aromatic N) is 1. The highest BCUT2D eigenvalue weighted by atomic mass is 16.4. The maximum Gasteiger partial charge on any atom is 0.309 e. The van der Waals surface area contributed by atoms with E-state index in [2.05, 4.69) is 15.6 Å². The highest BCUT2D eigenvalue weighted by Gasteiger charge is 2.08. The average Bonchev–Trinajstić information content (AvgIpc) is 2.46. The molecule has 0 fully saturated rings. The molecule has 0 aliphatic rings. The smallest absolute Gasteiger partial charge is 0.309 e. The van der Waals surface area contributed by atoms with Gasteiger partial charge in [-0.25, -0.2) is 0 Å². The molecular formula is C15H17N3O3. The first-order valence-electron chi connectivity index (χ1n) is 6.72. The van der Waals surface area contributed by atoms with Crippen LogP contribution in [-0.2, 0) is 16.0 Å². The van der Waals surface area contributed by atoms with Crippen LogP contribution in [0.3, 0.4) is 0 Å². The van der Waals surface area contributed by atoms with E-state index in [0.717, 1.165) is 23.0 Å². The largest absolute Gasteiger partial charge is 0.481 e. The van der Waals surface area contributed by atoms with Gasteiger partial charge in [0.25, 0.3) is 0 Å². The van der Waals surface area contributed by atoms with Crippen molar-refractivity contribution in [1.82, 2.24) is 10.3 Å². The second-order valence-electron chi connectivity index (χ2n) is 4.60. The lowest BCUT2D eigenvalue weighted by atomic mass is 10.1. The van der Waals surface area contributed by atoms with Crippen LogP contribution in [0.5, 0.6) is 0 Å². The third-order valence-corrected chi connectivity index (χ3v) is 3.00. The SMILES string of the molecule is O=CNCCCNc1cc(CC(=O)O)nc2ccccc12. The van der Waals surface area contributed by atoms with Gasteiger partial charge in [0.15, 0.2) is 0 Å². The number of nitrogens with one attached hydrogen (secondary N) is 2. The number of anilines is 1. The number of carboxylic acids is 1. The number of amides is 1. The highest BCUT2D eigenvalue weighted by Crippen LogP contribution is 2.23. The van der Waals surface area contributed by atoms with Crippen molar-refractivity contribution in [2.45, 2.75) is 12.8 Å². The number of rotatable bonds is 8. The van der Waals surface area contributed by atoms with Crippen LogP contribution < -0.4 is 10.6 Å². The van der Waals surface area contributed by atoms with E-state index in [1.807, 2.05) is 24.3 Å².